The number of nitrogens with zero attached hydrogens (tertiary/aromatic N) is 4. The van der Waals surface area contributed by atoms with Crippen molar-refractivity contribution in [1.82, 2.24) is 24.4 Å². The van der Waals surface area contributed by atoms with Crippen molar-refractivity contribution in [3.63, 3.8) is 0 Å². The van der Waals surface area contributed by atoms with Gasteiger partial charge in [-0.15, -0.1) is 0 Å². The Morgan fingerprint density at radius 1 is 1.15 bits per heavy atom. The second kappa shape index (κ2) is 7.07. The number of para-hydroxylation sites is 1. The van der Waals surface area contributed by atoms with Crippen LogP contribution in [-0.2, 0) is 13.5 Å². The smallest absolute Gasteiger partial charge is 0.251 e. The highest BCUT2D eigenvalue weighted by molar-refractivity contribution is 5.97. The Bertz CT molecular complexity index is 1090. The van der Waals surface area contributed by atoms with E-state index >= 15 is 0 Å². The van der Waals surface area contributed by atoms with Crippen LogP contribution in [0.15, 0.2) is 60.9 Å². The number of imidazole rings is 2. The van der Waals surface area contributed by atoms with E-state index in [9.17, 15) is 4.79 Å². The maximum atomic E-state index is 12.5. The van der Waals surface area contributed by atoms with Crippen molar-refractivity contribution in [2.24, 2.45) is 7.05 Å². The van der Waals surface area contributed by atoms with Crippen molar-refractivity contribution in [2.75, 3.05) is 6.54 Å². The van der Waals surface area contributed by atoms with E-state index in [0.29, 0.717) is 18.5 Å². The van der Waals surface area contributed by atoms with Gasteiger partial charge in [0.25, 0.3) is 5.91 Å². The van der Waals surface area contributed by atoms with Gasteiger partial charge < -0.3 is 9.88 Å². The van der Waals surface area contributed by atoms with E-state index in [1.165, 1.54) is 0 Å². The van der Waals surface area contributed by atoms with E-state index in [-0.39, 0.29) is 5.91 Å². The molecule has 0 aliphatic rings. The topological polar surface area (TPSA) is 64.7 Å². The maximum Gasteiger partial charge on any atom is 0.251 e. The number of carbonyl (C=O) groups excluding carboxylic acids is 1. The van der Waals surface area contributed by atoms with Crippen LogP contribution in [0.1, 0.15) is 22.0 Å². The Balaban J connectivity index is 1.53. The Morgan fingerprint density at radius 3 is 2.70 bits per heavy atom. The molecule has 0 unspecified atom stereocenters. The summed E-state index contributed by atoms with van der Waals surface area (Å²) < 4.78 is 4.05. The highest BCUT2D eigenvalue weighted by atomic mass is 16.1. The van der Waals surface area contributed by atoms with Crippen LogP contribution < -0.4 is 5.32 Å². The molecule has 0 saturated carbocycles. The molecule has 0 spiro atoms. The van der Waals surface area contributed by atoms with Crippen LogP contribution in [0.25, 0.3) is 16.7 Å². The van der Waals surface area contributed by atoms with E-state index in [0.717, 1.165) is 28.4 Å². The molecule has 1 N–H and O–H groups in total. The number of aromatic nitrogens is 4. The van der Waals surface area contributed by atoms with Gasteiger partial charge in [0.2, 0.25) is 0 Å². The largest absolute Gasteiger partial charge is 0.352 e. The molecule has 0 radical (unpaired) electrons. The SMILES string of the molecule is Cc1nc2cc(C(=O)NCCc3nccn3C)ccc2n1-c1ccccc1. The molecular weight excluding hydrogens is 338 g/mol. The summed E-state index contributed by atoms with van der Waals surface area (Å²) >= 11 is 0. The molecule has 0 fully saturated rings. The van der Waals surface area contributed by atoms with Crippen molar-refractivity contribution in [1.29, 1.82) is 0 Å². The fourth-order valence-corrected chi connectivity index (χ4v) is 3.27. The molecule has 0 aliphatic carbocycles. The molecule has 2 heterocycles. The van der Waals surface area contributed by atoms with E-state index in [2.05, 4.69) is 19.9 Å². The quantitative estimate of drug-likeness (QED) is 0.596. The number of rotatable bonds is 5. The molecule has 0 aliphatic heterocycles. The first-order valence-corrected chi connectivity index (χ1v) is 8.92. The number of nitrogens with one attached hydrogen (secondary N) is 1. The number of hydrogen-bond acceptors (Lipinski definition) is 3. The van der Waals surface area contributed by atoms with Crippen LogP contribution in [0.2, 0.25) is 0 Å². The Hall–Kier alpha value is -3.41. The van der Waals surface area contributed by atoms with Crippen molar-refractivity contribution < 1.29 is 4.79 Å². The summed E-state index contributed by atoms with van der Waals surface area (Å²) in [7, 11) is 1.95. The van der Waals surface area contributed by atoms with Gasteiger partial charge in [0.05, 0.1) is 11.0 Å². The zero-order valence-corrected chi connectivity index (χ0v) is 15.4. The van der Waals surface area contributed by atoms with E-state index < -0.39 is 0 Å². The van der Waals surface area contributed by atoms with E-state index in [4.69, 9.17) is 0 Å². The zero-order valence-electron chi connectivity index (χ0n) is 15.4. The summed E-state index contributed by atoms with van der Waals surface area (Å²) in [4.78, 5) is 21.4. The van der Waals surface area contributed by atoms with Crippen LogP contribution in [-0.4, -0.2) is 31.6 Å². The number of amides is 1. The number of carbonyl (C=O) groups is 1. The molecule has 6 nitrogen and oxygen atoms in total. The third-order valence-corrected chi connectivity index (χ3v) is 4.65. The number of benzene rings is 2. The summed E-state index contributed by atoms with van der Waals surface area (Å²) in [5, 5.41) is 2.96. The molecule has 2 aromatic heterocycles. The number of fused-ring (bicyclic) bond motifs is 1. The van der Waals surface area contributed by atoms with Gasteiger partial charge in [-0.25, -0.2) is 9.97 Å². The minimum absolute atomic E-state index is 0.0991. The third kappa shape index (κ3) is 3.33. The first-order chi connectivity index (χ1) is 13.1. The second-order valence-corrected chi connectivity index (χ2v) is 6.49. The molecule has 0 saturated heterocycles. The van der Waals surface area contributed by atoms with Crippen molar-refractivity contribution in [2.45, 2.75) is 13.3 Å². The highest BCUT2D eigenvalue weighted by Gasteiger charge is 2.12. The zero-order chi connectivity index (χ0) is 18.8. The molecule has 4 aromatic rings. The van der Waals surface area contributed by atoms with Gasteiger partial charge in [-0.3, -0.25) is 9.36 Å². The summed E-state index contributed by atoms with van der Waals surface area (Å²) in [5.41, 5.74) is 3.47. The summed E-state index contributed by atoms with van der Waals surface area (Å²) in [6.45, 7) is 2.51. The van der Waals surface area contributed by atoms with Gasteiger partial charge in [0, 0.05) is 43.7 Å². The first kappa shape index (κ1) is 17.0. The van der Waals surface area contributed by atoms with Gasteiger partial charge in [0.15, 0.2) is 0 Å². The lowest BCUT2D eigenvalue weighted by Crippen LogP contribution is -2.26. The summed E-state index contributed by atoms with van der Waals surface area (Å²) in [6.07, 6.45) is 4.35. The minimum atomic E-state index is -0.0991. The van der Waals surface area contributed by atoms with Crippen LogP contribution in [0, 0.1) is 6.92 Å². The van der Waals surface area contributed by atoms with Crippen LogP contribution in [0.4, 0.5) is 0 Å². The molecule has 1 amide bonds. The van der Waals surface area contributed by atoms with E-state index in [1.807, 2.05) is 73.3 Å². The fourth-order valence-electron chi connectivity index (χ4n) is 3.27. The third-order valence-electron chi connectivity index (χ3n) is 4.65. The van der Waals surface area contributed by atoms with Crippen LogP contribution in [0.5, 0.6) is 0 Å². The predicted octanol–water partition coefficient (Wildman–Crippen LogP) is 3.04. The predicted molar refractivity (Wildman–Crippen MR) is 105 cm³/mol. The number of aryl methyl sites for hydroxylation is 2. The molecular formula is C21H21N5O. The van der Waals surface area contributed by atoms with Gasteiger partial charge >= 0.3 is 0 Å². The highest BCUT2D eigenvalue weighted by Crippen LogP contribution is 2.22. The van der Waals surface area contributed by atoms with Crippen molar-refractivity contribution >= 4 is 16.9 Å². The molecule has 27 heavy (non-hydrogen) atoms. The fraction of sp³-hybridized carbons (Fsp3) is 0.190. The molecule has 0 bridgehead atoms. The lowest BCUT2D eigenvalue weighted by atomic mass is 10.2. The molecule has 2 aromatic carbocycles. The second-order valence-electron chi connectivity index (χ2n) is 6.49. The molecule has 6 heteroatoms. The molecule has 136 valence electrons. The Labute approximate surface area is 157 Å². The summed E-state index contributed by atoms with van der Waals surface area (Å²) in [5.74, 6) is 1.74. The number of hydrogen-bond donors (Lipinski definition) is 1. The maximum absolute atomic E-state index is 12.5. The molecule has 4 rings (SSSR count). The normalized spacial score (nSPS) is 11.0. The lowest BCUT2D eigenvalue weighted by molar-refractivity contribution is 0.0954. The van der Waals surface area contributed by atoms with Gasteiger partial charge in [-0.2, -0.15) is 0 Å². The first-order valence-electron chi connectivity index (χ1n) is 8.92. The van der Waals surface area contributed by atoms with E-state index in [1.54, 1.807) is 6.20 Å². The average Bonchev–Trinajstić information content (AvgIpc) is 3.23. The monoisotopic (exact) mass is 359 g/mol. The van der Waals surface area contributed by atoms with Crippen LogP contribution >= 0.6 is 0 Å². The Kier molecular flexibility index (Phi) is 4.46. The summed E-state index contributed by atoms with van der Waals surface area (Å²) in [6, 6.07) is 15.7. The van der Waals surface area contributed by atoms with Crippen molar-refractivity contribution in [3.05, 3.63) is 78.1 Å². The minimum Gasteiger partial charge on any atom is -0.352 e. The van der Waals surface area contributed by atoms with Crippen molar-refractivity contribution in [3.8, 4) is 5.69 Å². The Morgan fingerprint density at radius 2 is 1.96 bits per heavy atom. The standard InChI is InChI=1S/C21H21N5O/c1-15-24-18-14-16(21(27)23-11-10-20-22-12-13-25(20)2)8-9-19(18)26(15)17-6-4-3-5-7-17/h3-9,12-14H,10-11H2,1-2H3,(H,23,27). The van der Waals surface area contributed by atoms with Gasteiger partial charge in [-0.1, -0.05) is 18.2 Å². The van der Waals surface area contributed by atoms with Gasteiger partial charge in [-0.05, 0) is 37.3 Å². The average molecular weight is 359 g/mol. The lowest BCUT2D eigenvalue weighted by Gasteiger charge is -2.08. The molecule has 0 atom stereocenters. The van der Waals surface area contributed by atoms with Gasteiger partial charge in [0.1, 0.15) is 11.6 Å². The van der Waals surface area contributed by atoms with Crippen LogP contribution in [0.3, 0.4) is 0 Å².